The predicted molar refractivity (Wildman–Crippen MR) is 73.4 cm³/mol. The van der Waals surface area contributed by atoms with Gasteiger partial charge < -0.3 is 15.2 Å². The van der Waals surface area contributed by atoms with E-state index < -0.39 is 0 Å². The highest BCUT2D eigenvalue weighted by Crippen LogP contribution is 2.20. The molecule has 0 radical (unpaired) electrons. The van der Waals surface area contributed by atoms with E-state index in [1.807, 2.05) is 12.5 Å². The highest BCUT2D eigenvalue weighted by molar-refractivity contribution is 5.07. The monoisotopic (exact) mass is 251 g/mol. The third-order valence-corrected chi connectivity index (χ3v) is 3.84. The summed E-state index contributed by atoms with van der Waals surface area (Å²) in [7, 11) is 2.19. The number of aryl methyl sites for hydroxylation is 1. The van der Waals surface area contributed by atoms with Crippen LogP contribution in [0.25, 0.3) is 0 Å². The maximum atomic E-state index is 6.01. The third-order valence-electron chi connectivity index (χ3n) is 3.84. The Kier molecular flexibility index (Phi) is 4.74. The Hall–Kier alpha value is -0.910. The average molecular weight is 251 g/mol. The van der Waals surface area contributed by atoms with Crippen molar-refractivity contribution in [3.63, 3.8) is 0 Å². The Morgan fingerprint density at radius 2 is 2.17 bits per heavy atom. The number of nitrogens with zero attached hydrogens (tertiary/aromatic N) is 4. The summed E-state index contributed by atoms with van der Waals surface area (Å²) in [5, 5.41) is 0. The van der Waals surface area contributed by atoms with Crippen LogP contribution in [0.3, 0.4) is 0 Å². The van der Waals surface area contributed by atoms with Crippen LogP contribution in [0.2, 0.25) is 0 Å². The summed E-state index contributed by atoms with van der Waals surface area (Å²) < 4.78 is 2.20. The summed E-state index contributed by atoms with van der Waals surface area (Å²) in [6.45, 7) is 8.29. The molecule has 0 bridgehead atoms. The van der Waals surface area contributed by atoms with E-state index in [2.05, 4.69) is 33.3 Å². The lowest BCUT2D eigenvalue weighted by Crippen LogP contribution is -2.37. The van der Waals surface area contributed by atoms with Crippen LogP contribution in [-0.2, 0) is 6.54 Å². The lowest BCUT2D eigenvalue weighted by atomic mass is 10.1. The van der Waals surface area contributed by atoms with Gasteiger partial charge in [0.1, 0.15) is 0 Å². The zero-order chi connectivity index (χ0) is 13.0. The Bertz CT molecular complexity index is 362. The number of hydrogen-bond donors (Lipinski definition) is 1. The normalized spacial score (nSPS) is 20.8. The van der Waals surface area contributed by atoms with E-state index in [0.29, 0.717) is 12.6 Å². The van der Waals surface area contributed by atoms with Gasteiger partial charge in [0.15, 0.2) is 0 Å². The number of hydrogen-bond acceptors (Lipinski definition) is 4. The second-order valence-electron chi connectivity index (χ2n) is 5.05. The minimum absolute atomic E-state index is 0.305. The van der Waals surface area contributed by atoms with Crippen LogP contribution in [0.5, 0.6) is 0 Å². The quantitative estimate of drug-likeness (QED) is 0.848. The highest BCUT2D eigenvalue weighted by Gasteiger charge is 2.23. The molecule has 1 aromatic heterocycles. The van der Waals surface area contributed by atoms with Crippen molar-refractivity contribution in [2.75, 3.05) is 39.8 Å². The van der Waals surface area contributed by atoms with Gasteiger partial charge >= 0.3 is 0 Å². The Morgan fingerprint density at radius 3 is 2.89 bits per heavy atom. The lowest BCUT2D eigenvalue weighted by molar-refractivity contribution is 0.200. The van der Waals surface area contributed by atoms with E-state index in [-0.39, 0.29) is 0 Å². The van der Waals surface area contributed by atoms with Gasteiger partial charge in [-0.2, -0.15) is 0 Å². The molecule has 0 aliphatic carbocycles. The molecule has 0 amide bonds. The van der Waals surface area contributed by atoms with E-state index in [0.717, 1.165) is 26.2 Å². The van der Waals surface area contributed by atoms with Crippen LogP contribution in [0.1, 0.15) is 25.1 Å². The average Bonchev–Trinajstić information content (AvgIpc) is 2.74. The number of rotatable bonds is 4. The number of nitrogens with two attached hydrogens (primary N) is 1. The molecule has 2 heterocycles. The fraction of sp³-hybridized carbons (Fsp3) is 0.769. The molecule has 5 nitrogen and oxygen atoms in total. The second kappa shape index (κ2) is 6.31. The summed E-state index contributed by atoms with van der Waals surface area (Å²) in [6, 6.07) is 0.305. The summed E-state index contributed by atoms with van der Waals surface area (Å²) in [4.78, 5) is 9.17. The zero-order valence-corrected chi connectivity index (χ0v) is 11.5. The fourth-order valence-corrected chi connectivity index (χ4v) is 2.71. The van der Waals surface area contributed by atoms with Crippen LogP contribution < -0.4 is 5.73 Å². The van der Waals surface area contributed by atoms with Crippen LogP contribution in [0, 0.1) is 0 Å². The Morgan fingerprint density at radius 1 is 1.33 bits per heavy atom. The molecule has 102 valence electrons. The molecule has 0 spiro atoms. The van der Waals surface area contributed by atoms with Gasteiger partial charge in [-0.05, 0) is 26.9 Å². The maximum absolute atomic E-state index is 6.01. The number of imidazole rings is 1. The number of likely N-dealkylation sites (N-methyl/N-ethyl adjacent to an activating group) is 1. The molecule has 2 N–H and O–H groups in total. The maximum Gasteiger partial charge on any atom is 0.0948 e. The molecule has 0 saturated carbocycles. The molecule has 1 aliphatic rings. The SMILES string of the molecule is CCn1cncc1C(CN)N1CCCN(C)CC1. The van der Waals surface area contributed by atoms with Gasteiger partial charge in [0.25, 0.3) is 0 Å². The van der Waals surface area contributed by atoms with Crippen LogP contribution in [-0.4, -0.2) is 59.1 Å². The highest BCUT2D eigenvalue weighted by atomic mass is 15.2. The molecule has 1 aliphatic heterocycles. The smallest absolute Gasteiger partial charge is 0.0948 e. The van der Waals surface area contributed by atoms with Crippen LogP contribution in [0.15, 0.2) is 12.5 Å². The first kappa shape index (κ1) is 13.5. The topological polar surface area (TPSA) is 50.3 Å². The number of aromatic nitrogens is 2. The van der Waals surface area contributed by atoms with Crippen molar-refractivity contribution in [3.05, 3.63) is 18.2 Å². The van der Waals surface area contributed by atoms with Gasteiger partial charge in [-0.25, -0.2) is 4.98 Å². The van der Waals surface area contributed by atoms with Crippen LogP contribution >= 0.6 is 0 Å². The fourth-order valence-electron chi connectivity index (χ4n) is 2.71. The van der Waals surface area contributed by atoms with E-state index in [4.69, 9.17) is 5.73 Å². The summed E-state index contributed by atoms with van der Waals surface area (Å²) >= 11 is 0. The molecule has 18 heavy (non-hydrogen) atoms. The van der Waals surface area contributed by atoms with Gasteiger partial charge in [0, 0.05) is 38.9 Å². The first-order valence-electron chi connectivity index (χ1n) is 6.89. The van der Waals surface area contributed by atoms with E-state index >= 15 is 0 Å². The molecule has 1 atom stereocenters. The summed E-state index contributed by atoms with van der Waals surface area (Å²) in [5.41, 5.74) is 7.26. The largest absolute Gasteiger partial charge is 0.333 e. The second-order valence-corrected chi connectivity index (χ2v) is 5.05. The van der Waals surface area contributed by atoms with Crippen molar-refractivity contribution in [1.82, 2.24) is 19.4 Å². The molecular weight excluding hydrogens is 226 g/mol. The predicted octanol–water partition coefficient (Wildman–Crippen LogP) is 0.540. The van der Waals surface area contributed by atoms with Crippen molar-refractivity contribution < 1.29 is 0 Å². The third kappa shape index (κ3) is 2.91. The van der Waals surface area contributed by atoms with Crippen molar-refractivity contribution in [3.8, 4) is 0 Å². The molecule has 1 saturated heterocycles. The molecular formula is C13H25N5. The van der Waals surface area contributed by atoms with Crippen LogP contribution in [0.4, 0.5) is 0 Å². The molecule has 1 unspecified atom stereocenters. The van der Waals surface area contributed by atoms with Gasteiger partial charge in [-0.15, -0.1) is 0 Å². The van der Waals surface area contributed by atoms with E-state index in [9.17, 15) is 0 Å². The Balaban J connectivity index is 2.12. The van der Waals surface area contributed by atoms with Crippen molar-refractivity contribution in [2.24, 2.45) is 5.73 Å². The van der Waals surface area contributed by atoms with Crippen molar-refractivity contribution in [1.29, 1.82) is 0 Å². The van der Waals surface area contributed by atoms with Crippen molar-refractivity contribution >= 4 is 0 Å². The summed E-state index contributed by atoms with van der Waals surface area (Å²) in [6.07, 6.45) is 5.09. The van der Waals surface area contributed by atoms with Gasteiger partial charge in [-0.3, -0.25) is 4.90 Å². The minimum atomic E-state index is 0.305. The molecule has 5 heteroatoms. The van der Waals surface area contributed by atoms with E-state index in [1.54, 1.807) is 0 Å². The lowest BCUT2D eigenvalue weighted by Gasteiger charge is -2.30. The van der Waals surface area contributed by atoms with Gasteiger partial charge in [0.05, 0.1) is 18.1 Å². The first-order valence-corrected chi connectivity index (χ1v) is 6.89. The first-order chi connectivity index (χ1) is 8.76. The van der Waals surface area contributed by atoms with Crippen molar-refractivity contribution in [2.45, 2.75) is 25.9 Å². The molecule has 2 rings (SSSR count). The molecule has 1 aromatic rings. The molecule has 0 aromatic carbocycles. The minimum Gasteiger partial charge on any atom is -0.333 e. The summed E-state index contributed by atoms with van der Waals surface area (Å²) in [5.74, 6) is 0. The van der Waals surface area contributed by atoms with E-state index in [1.165, 1.54) is 18.7 Å². The zero-order valence-electron chi connectivity index (χ0n) is 11.5. The van der Waals surface area contributed by atoms with Gasteiger partial charge in [-0.1, -0.05) is 0 Å². The molecule has 1 fully saturated rings. The standard InChI is InChI=1S/C13H25N5/c1-3-17-11-15-10-13(17)12(9-14)18-6-4-5-16(2)7-8-18/h10-12H,3-9,14H2,1-2H3. The van der Waals surface area contributed by atoms with Gasteiger partial charge in [0.2, 0.25) is 0 Å². The Labute approximate surface area is 110 Å².